The highest BCUT2D eigenvalue weighted by Gasteiger charge is 2.62. The molecule has 1 aromatic carbocycles. The Hall–Kier alpha value is -2.90. The molecule has 35 heavy (non-hydrogen) atoms. The zero-order valence-electron chi connectivity index (χ0n) is 19.5. The standard InChI is InChI=1S/C25H29F2N3O4S/c1-3-18-8-4-5-9-19-10-6-7-11-21(19)34-15-14-29(2)24(31)30-17-25(12-13-25)22(20(30)16-18)28-35(32,33)23(26)27/h1,4-8,10-11,20,22-23,28H,9,12-17H2,2H3/b5-4-,18-8+. The number of nitrogens with zero attached hydrogens (tertiary/aromatic N) is 2. The number of allylic oxidation sites excluding steroid dienone is 3. The molecule has 0 bridgehead atoms. The van der Waals surface area contributed by atoms with Crippen LogP contribution in [0, 0.1) is 17.8 Å². The van der Waals surface area contributed by atoms with Crippen LogP contribution in [-0.2, 0) is 16.4 Å². The minimum Gasteiger partial charge on any atom is -0.491 e. The van der Waals surface area contributed by atoms with Gasteiger partial charge in [0.1, 0.15) is 12.4 Å². The number of nitrogens with one attached hydrogen (secondary N) is 1. The van der Waals surface area contributed by atoms with Crippen molar-refractivity contribution in [3.63, 3.8) is 0 Å². The molecule has 1 aromatic rings. The molecule has 7 nitrogen and oxygen atoms in total. The summed E-state index contributed by atoms with van der Waals surface area (Å²) in [6.45, 7) is 0.834. The number of hydrogen-bond donors (Lipinski definition) is 1. The normalized spacial score (nSPS) is 27.1. The number of benzene rings is 1. The molecule has 1 saturated heterocycles. The maximum Gasteiger partial charge on any atom is 0.350 e. The topological polar surface area (TPSA) is 79.0 Å². The van der Waals surface area contributed by atoms with E-state index in [1.807, 2.05) is 36.4 Å². The number of hydrogen-bond acceptors (Lipinski definition) is 4. The van der Waals surface area contributed by atoms with Crippen molar-refractivity contribution in [3.8, 4) is 18.1 Å². The summed E-state index contributed by atoms with van der Waals surface area (Å²) in [6, 6.07) is 5.77. The first-order valence-electron chi connectivity index (χ1n) is 11.5. The Kier molecular flexibility index (Phi) is 7.20. The largest absolute Gasteiger partial charge is 0.491 e. The lowest BCUT2D eigenvalue weighted by Crippen LogP contribution is -2.52. The fourth-order valence-corrected chi connectivity index (χ4v) is 5.71. The Morgan fingerprint density at radius 1 is 1.29 bits per heavy atom. The van der Waals surface area contributed by atoms with Gasteiger partial charge in [-0.05, 0) is 30.9 Å². The van der Waals surface area contributed by atoms with Crippen LogP contribution in [0.1, 0.15) is 24.8 Å². The fraction of sp³-hybridized carbons (Fsp3) is 0.480. The second kappa shape index (κ2) is 9.99. The maximum absolute atomic E-state index is 13.5. The lowest BCUT2D eigenvalue weighted by Gasteiger charge is -2.32. The van der Waals surface area contributed by atoms with E-state index < -0.39 is 33.3 Å². The van der Waals surface area contributed by atoms with Crippen molar-refractivity contribution in [2.24, 2.45) is 5.41 Å². The number of halogens is 2. The van der Waals surface area contributed by atoms with Gasteiger partial charge in [-0.1, -0.05) is 42.3 Å². The lowest BCUT2D eigenvalue weighted by atomic mass is 9.92. The SMILES string of the molecule is C#C/C1=C\C=C/Cc2ccccc2OCCN(C)C(=O)N2CC3(CC3)C(NS(=O)(=O)C(F)F)C2C1. The number of likely N-dealkylation sites (N-methyl/N-ethyl adjacent to an activating group) is 1. The molecule has 2 heterocycles. The summed E-state index contributed by atoms with van der Waals surface area (Å²) >= 11 is 0. The van der Waals surface area contributed by atoms with Gasteiger partial charge in [0.05, 0.1) is 18.6 Å². The van der Waals surface area contributed by atoms with Gasteiger partial charge in [0.15, 0.2) is 0 Å². The number of carbonyl (C=O) groups is 1. The highest BCUT2D eigenvalue weighted by Crippen LogP contribution is 2.56. The van der Waals surface area contributed by atoms with Crippen molar-refractivity contribution in [2.45, 2.75) is 43.5 Å². The van der Waals surface area contributed by atoms with Gasteiger partial charge >= 0.3 is 11.8 Å². The van der Waals surface area contributed by atoms with Crippen LogP contribution in [0.5, 0.6) is 5.75 Å². The molecule has 0 aromatic heterocycles. The highest BCUT2D eigenvalue weighted by molar-refractivity contribution is 7.89. The summed E-state index contributed by atoms with van der Waals surface area (Å²) < 4.78 is 58.9. The molecule has 10 heteroatoms. The van der Waals surface area contributed by atoms with E-state index in [4.69, 9.17) is 11.2 Å². The molecule has 188 valence electrons. The predicted molar refractivity (Wildman–Crippen MR) is 128 cm³/mol. The number of ether oxygens (including phenoxy) is 1. The Bertz CT molecular complexity index is 1170. The van der Waals surface area contributed by atoms with E-state index in [0.29, 0.717) is 31.4 Å². The number of amides is 2. The molecule has 2 unspecified atom stereocenters. The second-order valence-corrected chi connectivity index (χ2v) is 11.0. The summed E-state index contributed by atoms with van der Waals surface area (Å²) in [6.07, 6.45) is 13.3. The van der Waals surface area contributed by atoms with E-state index >= 15 is 0 Å². The number of para-hydroxylation sites is 1. The van der Waals surface area contributed by atoms with Crippen LogP contribution in [0.4, 0.5) is 13.6 Å². The molecule has 3 aliphatic rings. The minimum absolute atomic E-state index is 0.172. The summed E-state index contributed by atoms with van der Waals surface area (Å²) in [5.74, 6) is -0.214. The Morgan fingerprint density at radius 2 is 2.03 bits per heavy atom. The second-order valence-electron chi connectivity index (χ2n) is 9.29. The van der Waals surface area contributed by atoms with Crippen LogP contribution < -0.4 is 9.46 Å². The summed E-state index contributed by atoms with van der Waals surface area (Å²) in [5.41, 5.74) is 0.964. The van der Waals surface area contributed by atoms with Gasteiger partial charge in [0.25, 0.3) is 10.0 Å². The fourth-order valence-electron chi connectivity index (χ4n) is 4.84. The quantitative estimate of drug-likeness (QED) is 0.641. The number of fused-ring (bicyclic) bond motifs is 2. The molecular formula is C25H29F2N3O4S. The van der Waals surface area contributed by atoms with E-state index in [-0.39, 0.29) is 25.6 Å². The van der Waals surface area contributed by atoms with Crippen molar-refractivity contribution in [1.82, 2.24) is 14.5 Å². The Morgan fingerprint density at radius 3 is 2.71 bits per heavy atom. The van der Waals surface area contributed by atoms with Crippen molar-refractivity contribution >= 4 is 16.1 Å². The van der Waals surface area contributed by atoms with Crippen molar-refractivity contribution < 1.29 is 26.7 Å². The van der Waals surface area contributed by atoms with Crippen molar-refractivity contribution in [1.29, 1.82) is 0 Å². The van der Waals surface area contributed by atoms with Gasteiger partial charge in [-0.2, -0.15) is 8.78 Å². The summed E-state index contributed by atoms with van der Waals surface area (Å²) in [7, 11) is -3.21. The van der Waals surface area contributed by atoms with Gasteiger partial charge < -0.3 is 14.5 Å². The van der Waals surface area contributed by atoms with Crippen LogP contribution in [-0.4, -0.2) is 68.8 Å². The third kappa shape index (κ3) is 5.36. The van der Waals surface area contributed by atoms with E-state index in [1.165, 1.54) is 4.90 Å². The molecule has 1 aliphatic carbocycles. The minimum atomic E-state index is -4.85. The van der Waals surface area contributed by atoms with Crippen molar-refractivity contribution in [2.75, 3.05) is 26.7 Å². The van der Waals surface area contributed by atoms with Crippen LogP contribution in [0.2, 0.25) is 0 Å². The lowest BCUT2D eigenvalue weighted by molar-refractivity contribution is 0.146. The number of alkyl halides is 2. The summed E-state index contributed by atoms with van der Waals surface area (Å²) in [5, 5.41) is 0. The smallest absolute Gasteiger partial charge is 0.350 e. The first kappa shape index (κ1) is 25.2. The van der Waals surface area contributed by atoms with Crippen LogP contribution in [0.3, 0.4) is 0 Å². The number of sulfonamides is 1. The number of urea groups is 1. The number of carbonyl (C=O) groups excluding carboxylic acids is 1. The monoisotopic (exact) mass is 505 g/mol. The molecule has 1 saturated carbocycles. The molecule has 2 atom stereocenters. The first-order chi connectivity index (χ1) is 16.7. The highest BCUT2D eigenvalue weighted by atomic mass is 32.2. The zero-order valence-corrected chi connectivity index (χ0v) is 20.3. The van der Waals surface area contributed by atoms with Crippen LogP contribution in [0.25, 0.3) is 0 Å². The van der Waals surface area contributed by atoms with Crippen LogP contribution in [0.15, 0.2) is 48.1 Å². The Balaban J connectivity index is 1.68. The van der Waals surface area contributed by atoms with Gasteiger partial charge in [-0.25, -0.2) is 17.9 Å². The molecule has 1 spiro atoms. The van der Waals surface area contributed by atoms with Crippen LogP contribution >= 0.6 is 0 Å². The van der Waals surface area contributed by atoms with E-state index in [9.17, 15) is 22.0 Å². The molecular weight excluding hydrogens is 476 g/mol. The van der Waals surface area contributed by atoms with E-state index in [0.717, 1.165) is 11.3 Å². The molecule has 2 aliphatic heterocycles. The zero-order chi connectivity index (χ0) is 25.2. The van der Waals surface area contributed by atoms with Gasteiger partial charge in [-0.15, -0.1) is 6.42 Å². The third-order valence-electron chi connectivity index (χ3n) is 6.96. The molecule has 1 N–H and O–H groups in total. The van der Waals surface area contributed by atoms with Gasteiger partial charge in [-0.3, -0.25) is 0 Å². The third-order valence-corrected chi connectivity index (χ3v) is 8.01. The number of rotatable bonds is 3. The van der Waals surface area contributed by atoms with Crippen molar-refractivity contribution in [3.05, 3.63) is 53.6 Å². The average molecular weight is 506 g/mol. The Labute approximate surface area is 204 Å². The average Bonchev–Trinajstić information content (AvgIpc) is 3.55. The molecule has 0 radical (unpaired) electrons. The number of terminal acetylenes is 1. The summed E-state index contributed by atoms with van der Waals surface area (Å²) in [4.78, 5) is 16.5. The predicted octanol–water partition coefficient (Wildman–Crippen LogP) is 3.15. The molecule has 4 rings (SSSR count). The van der Waals surface area contributed by atoms with Gasteiger partial charge in [0.2, 0.25) is 0 Å². The van der Waals surface area contributed by atoms with Gasteiger partial charge in [0, 0.05) is 31.0 Å². The van der Waals surface area contributed by atoms with E-state index in [1.54, 1.807) is 18.0 Å². The van der Waals surface area contributed by atoms with E-state index in [2.05, 4.69) is 10.6 Å². The molecule has 2 fully saturated rings. The first-order valence-corrected chi connectivity index (χ1v) is 13.1. The maximum atomic E-state index is 13.5. The molecule has 2 amide bonds.